The molecule has 0 saturated heterocycles. The zero-order valence-corrected chi connectivity index (χ0v) is 17.1. The molecule has 0 fully saturated rings. The number of sulfonamides is 1. The molecule has 0 unspecified atom stereocenters. The topological polar surface area (TPSA) is 64.0 Å². The lowest BCUT2D eigenvalue weighted by molar-refractivity contribution is 0.600. The molecule has 0 spiro atoms. The Morgan fingerprint density at radius 3 is 2.39 bits per heavy atom. The van der Waals surface area contributed by atoms with Gasteiger partial charge in [-0.25, -0.2) is 13.1 Å². The number of nitrogens with zero attached hydrogens (tertiary/aromatic N) is 2. The van der Waals surface area contributed by atoms with Crippen molar-refractivity contribution >= 4 is 27.2 Å². The van der Waals surface area contributed by atoms with Crippen molar-refractivity contribution in [1.29, 1.82) is 0 Å². The van der Waals surface area contributed by atoms with Crippen LogP contribution in [0.15, 0.2) is 77.0 Å². The number of nitrogens with one attached hydrogen (secondary N) is 1. The average Bonchev–Trinajstić information content (AvgIpc) is 3.32. The van der Waals surface area contributed by atoms with Crippen molar-refractivity contribution in [3.63, 3.8) is 0 Å². The first kappa shape index (κ1) is 18.5. The maximum Gasteiger partial charge on any atom is 0.263 e. The van der Waals surface area contributed by atoms with Crippen LogP contribution in [0.1, 0.15) is 11.1 Å². The fourth-order valence-electron chi connectivity index (χ4n) is 2.90. The van der Waals surface area contributed by atoms with Crippen LogP contribution in [0.5, 0.6) is 0 Å². The maximum atomic E-state index is 12.9. The van der Waals surface area contributed by atoms with Crippen LogP contribution in [0.25, 0.3) is 16.3 Å². The Labute approximate surface area is 168 Å². The molecule has 0 amide bonds. The molecule has 28 heavy (non-hydrogen) atoms. The normalized spacial score (nSPS) is 11.5. The zero-order chi connectivity index (χ0) is 19.7. The van der Waals surface area contributed by atoms with Crippen molar-refractivity contribution in [3.05, 3.63) is 83.2 Å². The number of aryl methyl sites for hydroxylation is 2. The first-order valence-electron chi connectivity index (χ1n) is 8.73. The lowest BCUT2D eigenvalue weighted by Gasteiger charge is -2.12. The van der Waals surface area contributed by atoms with E-state index >= 15 is 0 Å². The monoisotopic (exact) mass is 409 g/mol. The first-order chi connectivity index (χ1) is 13.4. The third-order valence-corrected chi connectivity index (χ3v) is 6.66. The summed E-state index contributed by atoms with van der Waals surface area (Å²) in [5, 5.41) is 6.65. The molecule has 1 N–H and O–H groups in total. The van der Waals surface area contributed by atoms with Crippen LogP contribution in [-0.2, 0) is 10.0 Å². The molecule has 4 rings (SSSR count). The van der Waals surface area contributed by atoms with Crippen LogP contribution >= 0.6 is 11.3 Å². The van der Waals surface area contributed by atoms with Crippen molar-refractivity contribution in [1.82, 2.24) is 9.78 Å². The van der Waals surface area contributed by atoms with E-state index in [1.165, 1.54) is 0 Å². The second-order valence-corrected chi connectivity index (χ2v) is 9.14. The van der Waals surface area contributed by atoms with Gasteiger partial charge in [-0.1, -0.05) is 42.0 Å². The Hall–Kier alpha value is -2.90. The lowest BCUT2D eigenvalue weighted by Crippen LogP contribution is -2.16. The minimum atomic E-state index is -3.74. The number of benzene rings is 2. The number of para-hydroxylation sites is 1. The zero-order valence-electron chi connectivity index (χ0n) is 15.5. The van der Waals surface area contributed by atoms with Gasteiger partial charge in [0.05, 0.1) is 15.5 Å². The van der Waals surface area contributed by atoms with Gasteiger partial charge in [-0.3, -0.25) is 4.72 Å². The summed E-state index contributed by atoms with van der Waals surface area (Å²) in [6, 6.07) is 20.2. The van der Waals surface area contributed by atoms with Gasteiger partial charge in [0.25, 0.3) is 10.0 Å². The standard InChI is InChI=1S/C21H19N3O2S2/c1-15-9-11-17(12-10-15)28(25,26)23-21-14-18(20-8-5-13-27-20)22-24(21)19-7-4-3-6-16(19)2/h3-14,23H,1-2H3. The van der Waals surface area contributed by atoms with E-state index in [0.717, 1.165) is 27.4 Å². The summed E-state index contributed by atoms with van der Waals surface area (Å²) in [4.78, 5) is 1.19. The Kier molecular flexibility index (Phi) is 4.78. The van der Waals surface area contributed by atoms with Gasteiger partial charge in [0.1, 0.15) is 11.5 Å². The van der Waals surface area contributed by atoms with E-state index in [2.05, 4.69) is 9.82 Å². The molecule has 4 aromatic rings. The maximum absolute atomic E-state index is 12.9. The molecular weight excluding hydrogens is 390 g/mol. The van der Waals surface area contributed by atoms with E-state index in [-0.39, 0.29) is 4.90 Å². The molecule has 0 saturated carbocycles. The molecule has 0 radical (unpaired) electrons. The molecule has 2 aromatic carbocycles. The molecule has 7 heteroatoms. The number of hydrogen-bond donors (Lipinski definition) is 1. The summed E-state index contributed by atoms with van der Waals surface area (Å²) in [6.45, 7) is 3.89. The van der Waals surface area contributed by atoms with Crippen LogP contribution < -0.4 is 4.72 Å². The van der Waals surface area contributed by atoms with Crippen LogP contribution in [-0.4, -0.2) is 18.2 Å². The van der Waals surface area contributed by atoms with Gasteiger partial charge < -0.3 is 0 Å². The highest BCUT2D eigenvalue weighted by Gasteiger charge is 2.20. The highest BCUT2D eigenvalue weighted by molar-refractivity contribution is 7.92. The van der Waals surface area contributed by atoms with Gasteiger partial charge >= 0.3 is 0 Å². The molecule has 142 valence electrons. The SMILES string of the molecule is Cc1ccc(S(=O)(=O)Nc2cc(-c3cccs3)nn2-c2ccccc2C)cc1. The summed E-state index contributed by atoms with van der Waals surface area (Å²) in [5.74, 6) is 0.401. The summed E-state index contributed by atoms with van der Waals surface area (Å²) in [7, 11) is -3.74. The largest absolute Gasteiger partial charge is 0.263 e. The summed E-state index contributed by atoms with van der Waals surface area (Å²) in [5.41, 5.74) is 3.55. The van der Waals surface area contributed by atoms with E-state index < -0.39 is 10.0 Å². The minimum absolute atomic E-state index is 0.216. The predicted molar refractivity (Wildman–Crippen MR) is 114 cm³/mol. The van der Waals surface area contributed by atoms with Gasteiger partial charge in [-0.2, -0.15) is 5.10 Å². The van der Waals surface area contributed by atoms with E-state index in [1.807, 2.05) is 55.6 Å². The molecule has 0 bridgehead atoms. The highest BCUT2D eigenvalue weighted by Crippen LogP contribution is 2.30. The molecule has 0 aliphatic heterocycles. The molecule has 2 aromatic heterocycles. The highest BCUT2D eigenvalue weighted by atomic mass is 32.2. The van der Waals surface area contributed by atoms with Gasteiger partial charge in [0.2, 0.25) is 0 Å². The first-order valence-corrected chi connectivity index (χ1v) is 11.1. The summed E-state index contributed by atoms with van der Waals surface area (Å²) < 4.78 is 30.2. The molecule has 0 aliphatic rings. The Morgan fingerprint density at radius 1 is 0.964 bits per heavy atom. The lowest BCUT2D eigenvalue weighted by atomic mass is 10.2. The molecular formula is C21H19N3O2S2. The van der Waals surface area contributed by atoms with Crippen molar-refractivity contribution in [3.8, 4) is 16.3 Å². The van der Waals surface area contributed by atoms with Gasteiger partial charge in [-0.15, -0.1) is 11.3 Å². The van der Waals surface area contributed by atoms with Crippen LogP contribution in [0.3, 0.4) is 0 Å². The molecule has 2 heterocycles. The fourth-order valence-corrected chi connectivity index (χ4v) is 4.61. The van der Waals surface area contributed by atoms with Gasteiger partial charge in [-0.05, 0) is 49.1 Å². The van der Waals surface area contributed by atoms with Crippen molar-refractivity contribution in [2.45, 2.75) is 18.7 Å². The smallest absolute Gasteiger partial charge is 0.263 e. The van der Waals surface area contributed by atoms with Gasteiger partial charge in [0, 0.05) is 6.07 Å². The molecule has 0 atom stereocenters. The van der Waals surface area contributed by atoms with E-state index in [4.69, 9.17) is 0 Å². The summed E-state index contributed by atoms with van der Waals surface area (Å²) in [6.07, 6.45) is 0. The molecule has 5 nitrogen and oxygen atoms in total. The van der Waals surface area contributed by atoms with E-state index in [1.54, 1.807) is 46.4 Å². The third-order valence-electron chi connectivity index (χ3n) is 4.40. The second kappa shape index (κ2) is 7.26. The van der Waals surface area contributed by atoms with Crippen LogP contribution in [0, 0.1) is 13.8 Å². The van der Waals surface area contributed by atoms with E-state index in [0.29, 0.717) is 5.82 Å². The number of aromatic nitrogens is 2. The van der Waals surface area contributed by atoms with Crippen molar-refractivity contribution in [2.75, 3.05) is 4.72 Å². The van der Waals surface area contributed by atoms with Crippen molar-refractivity contribution < 1.29 is 8.42 Å². The third kappa shape index (κ3) is 3.58. The van der Waals surface area contributed by atoms with Crippen LogP contribution in [0.4, 0.5) is 5.82 Å². The molecule has 0 aliphatic carbocycles. The number of thiophene rings is 1. The number of hydrogen-bond acceptors (Lipinski definition) is 4. The van der Waals surface area contributed by atoms with Crippen LogP contribution in [0.2, 0.25) is 0 Å². The Bertz CT molecular complexity index is 1210. The second-order valence-electron chi connectivity index (χ2n) is 6.51. The average molecular weight is 410 g/mol. The minimum Gasteiger partial charge on any atom is -0.263 e. The number of rotatable bonds is 5. The van der Waals surface area contributed by atoms with E-state index in [9.17, 15) is 8.42 Å². The number of anilines is 1. The summed E-state index contributed by atoms with van der Waals surface area (Å²) >= 11 is 1.56. The predicted octanol–water partition coefficient (Wildman–Crippen LogP) is 5.02. The van der Waals surface area contributed by atoms with Gasteiger partial charge in [0.15, 0.2) is 0 Å². The Balaban J connectivity index is 1.81. The quantitative estimate of drug-likeness (QED) is 0.503. The van der Waals surface area contributed by atoms with Crippen molar-refractivity contribution in [2.24, 2.45) is 0 Å². The fraction of sp³-hybridized carbons (Fsp3) is 0.0952. The Morgan fingerprint density at radius 2 is 1.71 bits per heavy atom.